The average molecular weight is 261 g/mol. The van der Waals surface area contributed by atoms with Crippen LogP contribution in [0.4, 0.5) is 0 Å². The van der Waals surface area contributed by atoms with E-state index < -0.39 is 0 Å². The first-order valence-corrected chi connectivity index (χ1v) is 6.98. The lowest BCUT2D eigenvalue weighted by molar-refractivity contribution is -0.121. The minimum Gasteiger partial charge on any atom is -0.355 e. The van der Waals surface area contributed by atoms with Crippen LogP contribution in [0.25, 0.3) is 0 Å². The molecule has 1 aromatic carbocycles. The summed E-state index contributed by atoms with van der Waals surface area (Å²) in [6.07, 6.45) is 2.03. The van der Waals surface area contributed by atoms with Gasteiger partial charge in [-0.2, -0.15) is 0 Å². The summed E-state index contributed by atoms with van der Waals surface area (Å²) in [4.78, 5) is 14.0. The molecule has 2 rings (SSSR count). The fourth-order valence-electron chi connectivity index (χ4n) is 2.46. The molecule has 1 atom stereocenters. The Kier molecular flexibility index (Phi) is 5.36. The van der Waals surface area contributed by atoms with Gasteiger partial charge in [0.1, 0.15) is 0 Å². The first-order valence-electron chi connectivity index (χ1n) is 6.98. The Morgan fingerprint density at radius 2 is 2.16 bits per heavy atom. The number of hydrogen-bond donors (Lipinski definition) is 2. The normalized spacial score (nSPS) is 19.5. The maximum Gasteiger partial charge on any atom is 0.234 e. The van der Waals surface area contributed by atoms with E-state index in [1.165, 1.54) is 5.56 Å². The van der Waals surface area contributed by atoms with Crippen molar-refractivity contribution in [1.29, 1.82) is 0 Å². The highest BCUT2D eigenvalue weighted by Gasteiger charge is 2.22. The van der Waals surface area contributed by atoms with E-state index in [0.29, 0.717) is 19.1 Å². The van der Waals surface area contributed by atoms with Crippen LogP contribution in [0.3, 0.4) is 0 Å². The molecule has 1 amide bonds. The van der Waals surface area contributed by atoms with E-state index in [1.807, 2.05) is 25.2 Å². The molecule has 1 unspecified atom stereocenters. The number of carbonyl (C=O) groups excluding carboxylic acids is 1. The maximum absolute atomic E-state index is 11.8. The van der Waals surface area contributed by atoms with Crippen molar-refractivity contribution in [1.82, 2.24) is 15.5 Å². The molecule has 0 bridgehead atoms. The molecule has 1 heterocycles. The molecular formula is C15H23N3O. The fourth-order valence-corrected chi connectivity index (χ4v) is 2.46. The van der Waals surface area contributed by atoms with Crippen LogP contribution in [-0.2, 0) is 11.2 Å². The molecule has 0 aliphatic carbocycles. The summed E-state index contributed by atoms with van der Waals surface area (Å²) in [5, 5.41) is 6.25. The Labute approximate surface area is 115 Å². The molecular weight excluding hydrogens is 238 g/mol. The summed E-state index contributed by atoms with van der Waals surface area (Å²) < 4.78 is 0. The second-order valence-electron chi connectivity index (χ2n) is 5.09. The number of carbonyl (C=O) groups is 1. The van der Waals surface area contributed by atoms with Crippen LogP contribution < -0.4 is 10.6 Å². The number of hydrogen-bond acceptors (Lipinski definition) is 3. The second kappa shape index (κ2) is 7.26. The number of benzene rings is 1. The predicted molar refractivity (Wildman–Crippen MR) is 77.1 cm³/mol. The van der Waals surface area contributed by atoms with Gasteiger partial charge >= 0.3 is 0 Å². The van der Waals surface area contributed by atoms with Crippen molar-refractivity contribution in [2.45, 2.75) is 18.9 Å². The van der Waals surface area contributed by atoms with Crippen LogP contribution in [0.2, 0.25) is 0 Å². The van der Waals surface area contributed by atoms with Crippen LogP contribution in [0.5, 0.6) is 0 Å². The number of nitrogens with zero attached hydrogens (tertiary/aromatic N) is 1. The lowest BCUT2D eigenvalue weighted by Gasteiger charge is -2.15. The Morgan fingerprint density at radius 3 is 2.84 bits per heavy atom. The van der Waals surface area contributed by atoms with Gasteiger partial charge in [-0.15, -0.1) is 0 Å². The van der Waals surface area contributed by atoms with Gasteiger partial charge in [0.2, 0.25) is 5.91 Å². The fraction of sp³-hybridized carbons (Fsp3) is 0.533. The molecule has 1 fully saturated rings. The van der Waals surface area contributed by atoms with Gasteiger partial charge in [0.25, 0.3) is 0 Å². The molecule has 2 N–H and O–H groups in total. The largest absolute Gasteiger partial charge is 0.355 e. The Hall–Kier alpha value is -1.39. The third kappa shape index (κ3) is 4.65. The van der Waals surface area contributed by atoms with Crippen LogP contribution in [0.15, 0.2) is 30.3 Å². The number of amides is 1. The van der Waals surface area contributed by atoms with E-state index in [1.54, 1.807) is 0 Å². The van der Waals surface area contributed by atoms with Crippen LogP contribution >= 0.6 is 0 Å². The number of likely N-dealkylation sites (tertiary alicyclic amines) is 1. The van der Waals surface area contributed by atoms with Gasteiger partial charge in [-0.05, 0) is 25.5 Å². The lowest BCUT2D eigenvalue weighted by atomic mass is 10.1. The summed E-state index contributed by atoms with van der Waals surface area (Å²) in [5.41, 5.74) is 1.26. The zero-order valence-corrected chi connectivity index (χ0v) is 11.6. The lowest BCUT2D eigenvalue weighted by Crippen LogP contribution is -2.38. The van der Waals surface area contributed by atoms with E-state index in [2.05, 4.69) is 27.7 Å². The highest BCUT2D eigenvalue weighted by atomic mass is 16.2. The van der Waals surface area contributed by atoms with Gasteiger partial charge in [0, 0.05) is 25.7 Å². The van der Waals surface area contributed by atoms with E-state index >= 15 is 0 Å². The Bertz CT molecular complexity index is 394. The smallest absolute Gasteiger partial charge is 0.234 e. The zero-order valence-electron chi connectivity index (χ0n) is 11.6. The van der Waals surface area contributed by atoms with Crippen molar-refractivity contribution in [2.75, 3.05) is 33.2 Å². The minimum atomic E-state index is 0.132. The molecule has 1 aliphatic heterocycles. The third-order valence-corrected chi connectivity index (χ3v) is 3.63. The van der Waals surface area contributed by atoms with E-state index in [9.17, 15) is 4.79 Å². The van der Waals surface area contributed by atoms with Gasteiger partial charge in [-0.25, -0.2) is 0 Å². The third-order valence-electron chi connectivity index (χ3n) is 3.63. The van der Waals surface area contributed by atoms with Gasteiger partial charge in [0.05, 0.1) is 6.54 Å². The minimum absolute atomic E-state index is 0.132. The topological polar surface area (TPSA) is 44.4 Å². The maximum atomic E-state index is 11.8. The van der Waals surface area contributed by atoms with Crippen molar-refractivity contribution in [3.63, 3.8) is 0 Å². The highest BCUT2D eigenvalue weighted by molar-refractivity contribution is 5.78. The van der Waals surface area contributed by atoms with Crippen molar-refractivity contribution in [2.24, 2.45) is 0 Å². The molecule has 0 saturated carbocycles. The monoisotopic (exact) mass is 261 g/mol. The quantitative estimate of drug-likeness (QED) is 0.790. The van der Waals surface area contributed by atoms with Crippen molar-refractivity contribution in [3.05, 3.63) is 35.9 Å². The van der Waals surface area contributed by atoms with Crippen molar-refractivity contribution in [3.8, 4) is 0 Å². The number of rotatable bonds is 6. The van der Waals surface area contributed by atoms with E-state index in [4.69, 9.17) is 0 Å². The highest BCUT2D eigenvalue weighted by Crippen LogP contribution is 2.07. The summed E-state index contributed by atoms with van der Waals surface area (Å²) in [6, 6.07) is 10.8. The van der Waals surface area contributed by atoms with Crippen LogP contribution in [-0.4, -0.2) is 50.1 Å². The second-order valence-corrected chi connectivity index (χ2v) is 5.09. The molecule has 104 valence electrons. The summed E-state index contributed by atoms with van der Waals surface area (Å²) in [6.45, 7) is 3.22. The van der Waals surface area contributed by atoms with Gasteiger partial charge < -0.3 is 10.6 Å². The molecule has 0 spiro atoms. The van der Waals surface area contributed by atoms with Crippen LogP contribution in [0.1, 0.15) is 12.0 Å². The molecule has 0 radical (unpaired) electrons. The standard InChI is InChI=1S/C15H23N3O/c1-16-14-8-10-18(11-14)12-15(19)17-9-7-13-5-3-2-4-6-13/h2-6,14,16H,7-12H2,1H3,(H,17,19). The SMILES string of the molecule is CNC1CCN(CC(=O)NCCc2ccccc2)C1. The average Bonchev–Trinajstić information content (AvgIpc) is 2.87. The van der Waals surface area contributed by atoms with Gasteiger partial charge in [-0.3, -0.25) is 9.69 Å². The molecule has 1 aliphatic rings. The van der Waals surface area contributed by atoms with Gasteiger partial charge in [-0.1, -0.05) is 30.3 Å². The van der Waals surface area contributed by atoms with E-state index in [0.717, 1.165) is 25.9 Å². The van der Waals surface area contributed by atoms with Crippen molar-refractivity contribution >= 4 is 5.91 Å². The van der Waals surface area contributed by atoms with Crippen LogP contribution in [0, 0.1) is 0 Å². The number of nitrogens with one attached hydrogen (secondary N) is 2. The molecule has 1 saturated heterocycles. The molecule has 19 heavy (non-hydrogen) atoms. The van der Waals surface area contributed by atoms with Crippen molar-refractivity contribution < 1.29 is 4.79 Å². The van der Waals surface area contributed by atoms with E-state index in [-0.39, 0.29) is 5.91 Å². The number of likely N-dealkylation sites (N-methyl/N-ethyl adjacent to an activating group) is 1. The Balaban J connectivity index is 1.63. The van der Waals surface area contributed by atoms with Gasteiger partial charge in [0.15, 0.2) is 0 Å². The molecule has 4 nitrogen and oxygen atoms in total. The summed E-state index contributed by atoms with van der Waals surface area (Å²) in [7, 11) is 1.98. The Morgan fingerprint density at radius 1 is 1.37 bits per heavy atom. The molecule has 4 heteroatoms. The predicted octanol–water partition coefficient (Wildman–Crippen LogP) is 0.639. The zero-order chi connectivity index (χ0) is 13.5. The summed E-state index contributed by atoms with van der Waals surface area (Å²) in [5.74, 6) is 0.132. The summed E-state index contributed by atoms with van der Waals surface area (Å²) >= 11 is 0. The first kappa shape index (κ1) is 14.0. The molecule has 0 aromatic heterocycles. The molecule has 1 aromatic rings. The first-order chi connectivity index (χ1) is 9.28.